The Morgan fingerprint density at radius 3 is 0.985 bits per heavy atom. The molecular formula is C61H102O6. The first kappa shape index (κ1) is 63.3. The molecule has 0 saturated carbocycles. The number of allylic oxidation sites excluding steroid dienone is 16. The Bertz CT molecular complexity index is 1350. The SMILES string of the molecule is CC\C=C/C=C\C=C/C=C\C=C\C=C/CCCCCC(=O)OCC(COC(=O)CCCCCCCCC/C=C\CCCCCC)OC(=O)CCCCCCCCC/C=C\CCCCCCCC. The molecule has 67 heavy (non-hydrogen) atoms. The van der Waals surface area contributed by atoms with Crippen molar-refractivity contribution in [2.24, 2.45) is 0 Å². The topological polar surface area (TPSA) is 78.9 Å². The van der Waals surface area contributed by atoms with E-state index in [1.54, 1.807) is 0 Å². The molecule has 0 aromatic heterocycles. The molecule has 1 unspecified atom stereocenters. The van der Waals surface area contributed by atoms with Crippen LogP contribution in [0.15, 0.2) is 97.2 Å². The van der Waals surface area contributed by atoms with Gasteiger partial charge in [0.1, 0.15) is 13.2 Å². The monoisotopic (exact) mass is 931 g/mol. The predicted octanol–water partition coefficient (Wildman–Crippen LogP) is 18.5. The lowest BCUT2D eigenvalue weighted by Gasteiger charge is -2.18. The second-order valence-electron chi connectivity index (χ2n) is 18.3. The molecule has 0 amide bonds. The third-order valence-electron chi connectivity index (χ3n) is 11.7. The first-order valence-corrected chi connectivity index (χ1v) is 27.8. The van der Waals surface area contributed by atoms with Gasteiger partial charge in [-0.3, -0.25) is 14.4 Å². The molecule has 1 atom stereocenters. The summed E-state index contributed by atoms with van der Waals surface area (Å²) < 4.78 is 16.8. The van der Waals surface area contributed by atoms with Crippen LogP contribution in [-0.4, -0.2) is 37.2 Å². The highest BCUT2D eigenvalue weighted by Crippen LogP contribution is 2.14. The quantitative estimate of drug-likeness (QED) is 0.0199. The van der Waals surface area contributed by atoms with Gasteiger partial charge in [0.2, 0.25) is 0 Å². The van der Waals surface area contributed by atoms with Crippen LogP contribution in [0.5, 0.6) is 0 Å². The maximum Gasteiger partial charge on any atom is 0.306 e. The number of hydrogen-bond acceptors (Lipinski definition) is 6. The lowest BCUT2D eigenvalue weighted by atomic mass is 10.1. The van der Waals surface area contributed by atoms with Gasteiger partial charge in [0.15, 0.2) is 6.10 Å². The molecule has 6 heteroatoms. The van der Waals surface area contributed by atoms with Gasteiger partial charge in [-0.15, -0.1) is 0 Å². The van der Waals surface area contributed by atoms with Crippen molar-refractivity contribution in [1.82, 2.24) is 0 Å². The summed E-state index contributed by atoms with van der Waals surface area (Å²) in [5, 5.41) is 0. The van der Waals surface area contributed by atoms with E-state index in [0.29, 0.717) is 19.3 Å². The van der Waals surface area contributed by atoms with Crippen molar-refractivity contribution in [3.63, 3.8) is 0 Å². The number of carbonyl (C=O) groups is 3. The summed E-state index contributed by atoms with van der Waals surface area (Å²) in [7, 11) is 0. The molecule has 0 spiro atoms. The average Bonchev–Trinajstić information content (AvgIpc) is 3.33. The molecule has 0 aromatic rings. The van der Waals surface area contributed by atoms with Gasteiger partial charge in [-0.05, 0) is 89.9 Å². The average molecular weight is 931 g/mol. The van der Waals surface area contributed by atoms with Gasteiger partial charge in [-0.1, -0.05) is 240 Å². The van der Waals surface area contributed by atoms with Gasteiger partial charge in [-0.25, -0.2) is 0 Å². The summed E-state index contributed by atoms with van der Waals surface area (Å²) in [5.41, 5.74) is 0. The van der Waals surface area contributed by atoms with Crippen LogP contribution in [0.4, 0.5) is 0 Å². The minimum absolute atomic E-state index is 0.0964. The summed E-state index contributed by atoms with van der Waals surface area (Å²) in [5.74, 6) is -0.948. The van der Waals surface area contributed by atoms with Crippen molar-refractivity contribution in [2.75, 3.05) is 13.2 Å². The first-order chi connectivity index (χ1) is 33.0. The Morgan fingerprint density at radius 2 is 0.597 bits per heavy atom. The zero-order valence-electron chi connectivity index (χ0n) is 43.6. The largest absolute Gasteiger partial charge is 0.462 e. The van der Waals surface area contributed by atoms with E-state index < -0.39 is 6.10 Å². The van der Waals surface area contributed by atoms with Crippen LogP contribution in [0, 0.1) is 0 Å². The fourth-order valence-electron chi connectivity index (χ4n) is 7.52. The molecule has 0 heterocycles. The lowest BCUT2D eigenvalue weighted by molar-refractivity contribution is -0.167. The van der Waals surface area contributed by atoms with Crippen molar-refractivity contribution in [3.8, 4) is 0 Å². The smallest absolute Gasteiger partial charge is 0.306 e. The predicted molar refractivity (Wildman–Crippen MR) is 288 cm³/mol. The van der Waals surface area contributed by atoms with E-state index >= 15 is 0 Å². The number of ether oxygens (including phenoxy) is 3. The molecule has 0 aliphatic heterocycles. The molecule has 0 saturated heterocycles. The fourth-order valence-corrected chi connectivity index (χ4v) is 7.52. The van der Waals surface area contributed by atoms with Crippen molar-refractivity contribution in [2.45, 2.75) is 258 Å². The number of carbonyl (C=O) groups excluding carboxylic acids is 3. The molecule has 6 nitrogen and oxygen atoms in total. The molecule has 382 valence electrons. The lowest BCUT2D eigenvalue weighted by Crippen LogP contribution is -2.30. The van der Waals surface area contributed by atoms with Crippen molar-refractivity contribution >= 4 is 17.9 Å². The van der Waals surface area contributed by atoms with Crippen LogP contribution >= 0.6 is 0 Å². The molecule has 0 aliphatic carbocycles. The van der Waals surface area contributed by atoms with Gasteiger partial charge < -0.3 is 14.2 Å². The Labute approximate surface area is 413 Å². The third-order valence-corrected chi connectivity index (χ3v) is 11.7. The highest BCUT2D eigenvalue weighted by atomic mass is 16.6. The number of rotatable bonds is 49. The van der Waals surface area contributed by atoms with Gasteiger partial charge in [0.25, 0.3) is 0 Å². The molecule has 0 aromatic carbocycles. The van der Waals surface area contributed by atoms with Crippen molar-refractivity contribution in [1.29, 1.82) is 0 Å². The van der Waals surface area contributed by atoms with Crippen LogP contribution in [0.2, 0.25) is 0 Å². The number of hydrogen-bond donors (Lipinski definition) is 0. The molecule has 0 rings (SSSR count). The van der Waals surface area contributed by atoms with Gasteiger partial charge in [0, 0.05) is 19.3 Å². The van der Waals surface area contributed by atoms with E-state index in [2.05, 4.69) is 57.2 Å². The molecule has 0 radical (unpaired) electrons. The highest BCUT2D eigenvalue weighted by molar-refractivity contribution is 5.71. The first-order valence-electron chi connectivity index (χ1n) is 27.8. The van der Waals surface area contributed by atoms with E-state index in [0.717, 1.165) is 70.6 Å². The minimum atomic E-state index is -0.801. The van der Waals surface area contributed by atoms with E-state index in [1.165, 1.54) is 141 Å². The second kappa shape index (κ2) is 54.9. The van der Waals surface area contributed by atoms with Crippen molar-refractivity contribution in [3.05, 3.63) is 97.2 Å². The molecule has 0 bridgehead atoms. The Kier molecular flexibility index (Phi) is 51.9. The Hall–Kier alpha value is -3.67. The highest BCUT2D eigenvalue weighted by Gasteiger charge is 2.19. The van der Waals surface area contributed by atoms with Crippen LogP contribution in [0.3, 0.4) is 0 Å². The fraction of sp³-hybridized carbons (Fsp3) is 0.689. The summed E-state index contributed by atoms with van der Waals surface area (Å²) >= 11 is 0. The summed E-state index contributed by atoms with van der Waals surface area (Å²) in [4.78, 5) is 38.1. The second-order valence-corrected chi connectivity index (χ2v) is 18.3. The molecule has 0 aliphatic rings. The zero-order chi connectivity index (χ0) is 48.6. The van der Waals surface area contributed by atoms with E-state index in [1.807, 2.05) is 60.8 Å². The maximum atomic E-state index is 12.8. The Balaban J connectivity index is 4.49. The third kappa shape index (κ3) is 53.2. The van der Waals surface area contributed by atoms with Crippen LogP contribution in [0.1, 0.15) is 252 Å². The maximum absolute atomic E-state index is 12.8. The van der Waals surface area contributed by atoms with E-state index in [-0.39, 0.29) is 31.1 Å². The summed E-state index contributed by atoms with van der Waals surface area (Å²) in [6.07, 6.45) is 72.4. The summed E-state index contributed by atoms with van der Waals surface area (Å²) in [6, 6.07) is 0. The van der Waals surface area contributed by atoms with E-state index in [4.69, 9.17) is 14.2 Å². The van der Waals surface area contributed by atoms with Crippen LogP contribution in [0.25, 0.3) is 0 Å². The van der Waals surface area contributed by atoms with Crippen LogP contribution < -0.4 is 0 Å². The molecular weight excluding hydrogens is 829 g/mol. The summed E-state index contributed by atoms with van der Waals surface area (Å²) in [6.45, 7) is 6.44. The van der Waals surface area contributed by atoms with E-state index in [9.17, 15) is 14.4 Å². The Morgan fingerprint density at radius 1 is 0.313 bits per heavy atom. The number of esters is 3. The van der Waals surface area contributed by atoms with Crippen molar-refractivity contribution < 1.29 is 28.6 Å². The van der Waals surface area contributed by atoms with Crippen LogP contribution in [-0.2, 0) is 28.6 Å². The normalized spacial score (nSPS) is 12.8. The minimum Gasteiger partial charge on any atom is -0.462 e. The number of unbranched alkanes of at least 4 members (excludes halogenated alkanes) is 27. The molecule has 0 fully saturated rings. The molecule has 0 N–H and O–H groups in total. The standard InChI is InChI=1S/C61H102O6/c1-4-7-10-13-16-19-22-25-28-30-33-36-39-42-45-48-51-54-60(63)66-57-58(56-65-59(62)53-50-47-44-41-38-35-32-27-24-21-18-15-12-9-6-3)67-61(64)55-52-49-46-43-40-37-34-31-29-26-23-20-17-14-11-8-5-2/h7,10,13,16,19,21-22,24-26,28-30,33,36,39,58H,4-6,8-9,11-12,14-15,17-18,20,23,27,31-32,34-35,37-38,40-57H2,1-3H3/b10-7-,16-13-,22-19-,24-21-,28-25-,29-26-,33-30+,39-36-. The van der Waals surface area contributed by atoms with Gasteiger partial charge in [0.05, 0.1) is 0 Å². The van der Waals surface area contributed by atoms with Gasteiger partial charge in [-0.2, -0.15) is 0 Å². The van der Waals surface area contributed by atoms with Gasteiger partial charge >= 0.3 is 17.9 Å². The zero-order valence-corrected chi connectivity index (χ0v) is 43.6.